The van der Waals surface area contributed by atoms with Crippen molar-refractivity contribution in [2.45, 2.75) is 25.9 Å². The maximum atomic E-state index is 10.2. The Hall–Kier alpha value is -0.770. The van der Waals surface area contributed by atoms with Crippen LogP contribution in [0.15, 0.2) is 24.3 Å². The standard InChI is InChI=1S/C15H22ClNO2/c1-2-17-9-7-12(8-10-17)15(18)11-19-14-5-3-13(16)4-6-14/h3-6,12,15,18H,2,7-11H2,1H3. The Morgan fingerprint density at radius 3 is 2.53 bits per heavy atom. The molecule has 2 rings (SSSR count). The third-order valence-corrected chi connectivity index (χ3v) is 4.11. The Morgan fingerprint density at radius 1 is 1.32 bits per heavy atom. The summed E-state index contributed by atoms with van der Waals surface area (Å²) >= 11 is 5.81. The molecule has 1 saturated heterocycles. The normalized spacial score (nSPS) is 19.3. The number of aliphatic hydroxyl groups excluding tert-OH is 1. The van der Waals surface area contributed by atoms with Gasteiger partial charge in [0.1, 0.15) is 12.4 Å². The van der Waals surface area contributed by atoms with E-state index in [4.69, 9.17) is 16.3 Å². The number of hydrogen-bond acceptors (Lipinski definition) is 3. The van der Waals surface area contributed by atoms with Gasteiger partial charge in [0.15, 0.2) is 0 Å². The summed E-state index contributed by atoms with van der Waals surface area (Å²) in [5.41, 5.74) is 0. The summed E-state index contributed by atoms with van der Waals surface area (Å²) in [6.45, 7) is 5.81. The molecule has 1 aliphatic heterocycles. The molecule has 0 aromatic heterocycles. The second kappa shape index (κ2) is 7.13. The Labute approximate surface area is 120 Å². The first-order valence-corrected chi connectivity index (χ1v) is 7.35. The van der Waals surface area contributed by atoms with Crippen LogP contribution >= 0.6 is 11.6 Å². The molecule has 1 aromatic carbocycles. The molecule has 0 spiro atoms. The predicted octanol–water partition coefficient (Wildman–Crippen LogP) is 2.81. The number of aliphatic hydroxyl groups is 1. The van der Waals surface area contributed by atoms with Crippen LogP contribution in [0.4, 0.5) is 0 Å². The van der Waals surface area contributed by atoms with Gasteiger partial charge in [-0.2, -0.15) is 0 Å². The lowest BCUT2D eigenvalue weighted by atomic mass is 9.91. The van der Waals surface area contributed by atoms with E-state index >= 15 is 0 Å². The summed E-state index contributed by atoms with van der Waals surface area (Å²) in [6, 6.07) is 7.25. The topological polar surface area (TPSA) is 32.7 Å². The molecule has 106 valence electrons. The van der Waals surface area contributed by atoms with Crippen molar-refractivity contribution in [2.75, 3.05) is 26.2 Å². The van der Waals surface area contributed by atoms with Crippen LogP contribution in [0, 0.1) is 5.92 Å². The van der Waals surface area contributed by atoms with Crippen LogP contribution in [0.25, 0.3) is 0 Å². The van der Waals surface area contributed by atoms with Crippen molar-refractivity contribution in [3.8, 4) is 5.75 Å². The summed E-state index contributed by atoms with van der Waals surface area (Å²) in [7, 11) is 0. The number of rotatable bonds is 5. The van der Waals surface area contributed by atoms with Crippen molar-refractivity contribution in [3.05, 3.63) is 29.3 Å². The zero-order valence-electron chi connectivity index (χ0n) is 11.4. The summed E-state index contributed by atoms with van der Waals surface area (Å²) in [6.07, 6.45) is 1.73. The molecule has 4 heteroatoms. The first kappa shape index (κ1) is 14.6. The molecule has 1 atom stereocenters. The largest absolute Gasteiger partial charge is 0.491 e. The summed E-state index contributed by atoms with van der Waals surface area (Å²) in [4.78, 5) is 2.42. The van der Waals surface area contributed by atoms with Crippen molar-refractivity contribution in [1.29, 1.82) is 0 Å². The van der Waals surface area contributed by atoms with E-state index in [-0.39, 0.29) is 6.10 Å². The summed E-state index contributed by atoms with van der Waals surface area (Å²) in [5, 5.41) is 10.9. The van der Waals surface area contributed by atoms with Gasteiger partial charge in [0, 0.05) is 5.02 Å². The molecule has 0 radical (unpaired) electrons. The first-order chi connectivity index (χ1) is 9.19. The maximum absolute atomic E-state index is 10.2. The summed E-state index contributed by atoms with van der Waals surface area (Å²) in [5.74, 6) is 1.12. The molecule has 0 bridgehead atoms. The van der Waals surface area contributed by atoms with E-state index in [1.54, 1.807) is 12.1 Å². The van der Waals surface area contributed by atoms with Gasteiger partial charge in [0.25, 0.3) is 0 Å². The van der Waals surface area contributed by atoms with E-state index in [0.29, 0.717) is 17.5 Å². The molecule has 0 amide bonds. The molecule has 1 aromatic rings. The average molecular weight is 284 g/mol. The number of halogens is 1. The Bertz CT molecular complexity index is 374. The second-order valence-electron chi connectivity index (χ2n) is 5.10. The van der Waals surface area contributed by atoms with E-state index in [1.165, 1.54) is 0 Å². The number of ether oxygens (including phenoxy) is 1. The van der Waals surface area contributed by atoms with Gasteiger partial charge in [-0.15, -0.1) is 0 Å². The molecule has 0 aliphatic carbocycles. The highest BCUT2D eigenvalue weighted by molar-refractivity contribution is 6.30. The van der Waals surface area contributed by atoms with E-state index < -0.39 is 0 Å². The number of benzene rings is 1. The van der Waals surface area contributed by atoms with E-state index in [2.05, 4.69) is 11.8 Å². The lowest BCUT2D eigenvalue weighted by molar-refractivity contribution is 0.0267. The van der Waals surface area contributed by atoms with Crippen LogP contribution in [-0.4, -0.2) is 42.4 Å². The zero-order valence-corrected chi connectivity index (χ0v) is 12.1. The summed E-state index contributed by atoms with van der Waals surface area (Å²) < 4.78 is 5.61. The van der Waals surface area contributed by atoms with Crippen LogP contribution in [0.2, 0.25) is 5.02 Å². The minimum Gasteiger partial charge on any atom is -0.491 e. The first-order valence-electron chi connectivity index (χ1n) is 6.98. The second-order valence-corrected chi connectivity index (χ2v) is 5.54. The highest BCUT2D eigenvalue weighted by Crippen LogP contribution is 2.22. The fraction of sp³-hybridized carbons (Fsp3) is 0.600. The maximum Gasteiger partial charge on any atom is 0.119 e. The van der Waals surface area contributed by atoms with Crippen molar-refractivity contribution in [1.82, 2.24) is 4.90 Å². The molecule has 3 nitrogen and oxygen atoms in total. The Kier molecular flexibility index (Phi) is 5.49. The third-order valence-electron chi connectivity index (χ3n) is 3.86. The van der Waals surface area contributed by atoms with Gasteiger partial charge >= 0.3 is 0 Å². The van der Waals surface area contributed by atoms with E-state index in [0.717, 1.165) is 38.2 Å². The van der Waals surface area contributed by atoms with Gasteiger partial charge in [0.2, 0.25) is 0 Å². The minimum absolute atomic E-state index is 0.357. The molecule has 1 unspecified atom stereocenters. The van der Waals surface area contributed by atoms with E-state index in [9.17, 15) is 5.11 Å². The number of piperidine rings is 1. The van der Waals surface area contributed by atoms with Crippen LogP contribution in [0.5, 0.6) is 5.75 Å². The lowest BCUT2D eigenvalue weighted by Crippen LogP contribution is -2.39. The van der Waals surface area contributed by atoms with Crippen LogP contribution < -0.4 is 4.74 Å². The number of hydrogen-bond donors (Lipinski definition) is 1. The molecule has 1 aliphatic rings. The molecular weight excluding hydrogens is 262 g/mol. The van der Waals surface area contributed by atoms with Crippen molar-refractivity contribution >= 4 is 11.6 Å². The van der Waals surface area contributed by atoms with Gasteiger partial charge in [0.05, 0.1) is 6.10 Å². The van der Waals surface area contributed by atoms with Crippen LogP contribution in [-0.2, 0) is 0 Å². The predicted molar refractivity (Wildman–Crippen MR) is 77.8 cm³/mol. The van der Waals surface area contributed by atoms with Gasteiger partial charge < -0.3 is 14.7 Å². The molecule has 1 heterocycles. The van der Waals surface area contributed by atoms with Crippen molar-refractivity contribution in [3.63, 3.8) is 0 Å². The van der Waals surface area contributed by atoms with Gasteiger partial charge in [-0.25, -0.2) is 0 Å². The quantitative estimate of drug-likeness (QED) is 0.902. The zero-order chi connectivity index (χ0) is 13.7. The van der Waals surface area contributed by atoms with E-state index in [1.807, 2.05) is 12.1 Å². The van der Waals surface area contributed by atoms with Crippen molar-refractivity contribution < 1.29 is 9.84 Å². The highest BCUT2D eigenvalue weighted by Gasteiger charge is 2.24. The highest BCUT2D eigenvalue weighted by atomic mass is 35.5. The number of likely N-dealkylation sites (tertiary alicyclic amines) is 1. The molecule has 19 heavy (non-hydrogen) atoms. The third kappa shape index (κ3) is 4.37. The molecule has 1 fully saturated rings. The molecular formula is C15H22ClNO2. The fourth-order valence-electron chi connectivity index (χ4n) is 2.50. The van der Waals surface area contributed by atoms with Gasteiger partial charge in [-0.05, 0) is 62.7 Å². The van der Waals surface area contributed by atoms with Crippen molar-refractivity contribution in [2.24, 2.45) is 5.92 Å². The minimum atomic E-state index is -0.380. The fourth-order valence-corrected chi connectivity index (χ4v) is 2.63. The number of nitrogens with zero attached hydrogens (tertiary/aromatic N) is 1. The van der Waals surface area contributed by atoms with Gasteiger partial charge in [-0.1, -0.05) is 18.5 Å². The lowest BCUT2D eigenvalue weighted by Gasteiger charge is -2.33. The molecule has 0 saturated carbocycles. The average Bonchev–Trinajstić information content (AvgIpc) is 2.46. The monoisotopic (exact) mass is 283 g/mol. The van der Waals surface area contributed by atoms with Crippen LogP contribution in [0.1, 0.15) is 19.8 Å². The molecule has 1 N–H and O–H groups in total. The Morgan fingerprint density at radius 2 is 1.95 bits per heavy atom. The smallest absolute Gasteiger partial charge is 0.119 e. The SMILES string of the molecule is CCN1CCC(C(O)COc2ccc(Cl)cc2)CC1. The Balaban J connectivity index is 1.75. The van der Waals surface area contributed by atoms with Crippen LogP contribution in [0.3, 0.4) is 0 Å². The van der Waals surface area contributed by atoms with Gasteiger partial charge in [-0.3, -0.25) is 0 Å².